The zero-order valence-electron chi connectivity index (χ0n) is 8.59. The highest BCUT2D eigenvalue weighted by Crippen LogP contribution is 2.00. The van der Waals surface area contributed by atoms with E-state index in [1.165, 1.54) is 6.92 Å². The van der Waals surface area contributed by atoms with Gasteiger partial charge in [0.1, 0.15) is 0 Å². The first-order valence-corrected chi connectivity index (χ1v) is 4.33. The molecule has 0 atom stereocenters. The Morgan fingerprint density at radius 2 is 2.43 bits per heavy atom. The molecule has 0 aliphatic rings. The first kappa shape index (κ1) is 10.3. The van der Waals surface area contributed by atoms with Crippen LogP contribution in [0.4, 0.5) is 0 Å². The lowest BCUT2D eigenvalue weighted by molar-refractivity contribution is -0.118. The van der Waals surface area contributed by atoms with Gasteiger partial charge in [-0.2, -0.15) is 5.10 Å². The van der Waals surface area contributed by atoms with Crippen molar-refractivity contribution in [2.45, 2.75) is 13.8 Å². The molecular weight excluding hydrogens is 178 g/mol. The van der Waals surface area contributed by atoms with E-state index in [-0.39, 0.29) is 5.91 Å². The summed E-state index contributed by atoms with van der Waals surface area (Å²) in [7, 11) is 1.85. The SMILES string of the molecule is CC(=O)NCC#Cc1cn(C)nc1C. The van der Waals surface area contributed by atoms with Crippen LogP contribution >= 0.6 is 0 Å². The largest absolute Gasteiger partial charge is 0.345 e. The third-order valence-corrected chi connectivity index (χ3v) is 1.66. The summed E-state index contributed by atoms with van der Waals surface area (Å²) >= 11 is 0. The van der Waals surface area contributed by atoms with Crippen molar-refractivity contribution in [1.82, 2.24) is 15.1 Å². The molecule has 1 rings (SSSR count). The van der Waals surface area contributed by atoms with E-state index >= 15 is 0 Å². The smallest absolute Gasteiger partial charge is 0.217 e. The second-order valence-corrected chi connectivity index (χ2v) is 3.01. The average Bonchev–Trinajstić information content (AvgIpc) is 2.39. The van der Waals surface area contributed by atoms with E-state index in [4.69, 9.17) is 0 Å². The van der Waals surface area contributed by atoms with Gasteiger partial charge < -0.3 is 5.32 Å². The van der Waals surface area contributed by atoms with Crippen LogP contribution in [0, 0.1) is 18.8 Å². The lowest BCUT2D eigenvalue weighted by Gasteiger charge is -1.90. The number of nitrogens with one attached hydrogen (secondary N) is 1. The van der Waals surface area contributed by atoms with E-state index in [2.05, 4.69) is 22.3 Å². The lowest BCUT2D eigenvalue weighted by Crippen LogP contribution is -2.19. The number of hydrogen-bond donors (Lipinski definition) is 1. The Bertz CT molecular complexity index is 395. The van der Waals surface area contributed by atoms with Crippen LogP contribution in [0.3, 0.4) is 0 Å². The Hall–Kier alpha value is -1.76. The molecule has 0 aliphatic heterocycles. The van der Waals surface area contributed by atoms with Crippen LogP contribution in [0.1, 0.15) is 18.2 Å². The van der Waals surface area contributed by atoms with E-state index in [1.54, 1.807) is 4.68 Å². The Morgan fingerprint density at radius 1 is 1.71 bits per heavy atom. The molecule has 1 N–H and O–H groups in total. The van der Waals surface area contributed by atoms with Crippen molar-refractivity contribution in [2.75, 3.05) is 6.54 Å². The van der Waals surface area contributed by atoms with Gasteiger partial charge in [0, 0.05) is 20.2 Å². The van der Waals surface area contributed by atoms with Crippen molar-refractivity contribution in [3.05, 3.63) is 17.5 Å². The molecule has 4 nitrogen and oxygen atoms in total. The Morgan fingerprint density at radius 3 is 2.93 bits per heavy atom. The summed E-state index contributed by atoms with van der Waals surface area (Å²) in [6.45, 7) is 3.75. The number of nitrogens with zero attached hydrogens (tertiary/aromatic N) is 2. The lowest BCUT2D eigenvalue weighted by atomic mass is 10.3. The summed E-state index contributed by atoms with van der Waals surface area (Å²) < 4.78 is 1.72. The minimum absolute atomic E-state index is 0.0674. The predicted octanol–water partition coefficient (Wildman–Crippen LogP) is 0.216. The maximum Gasteiger partial charge on any atom is 0.217 e. The highest BCUT2D eigenvalue weighted by atomic mass is 16.1. The normalized spacial score (nSPS) is 9.07. The number of rotatable bonds is 1. The zero-order valence-corrected chi connectivity index (χ0v) is 8.59. The first-order chi connectivity index (χ1) is 6.59. The fourth-order valence-corrected chi connectivity index (χ4v) is 1.03. The maximum atomic E-state index is 10.5. The van der Waals surface area contributed by atoms with Gasteiger partial charge in [0.15, 0.2) is 0 Å². The molecule has 0 radical (unpaired) electrons. The van der Waals surface area contributed by atoms with Crippen molar-refractivity contribution >= 4 is 5.91 Å². The van der Waals surface area contributed by atoms with Gasteiger partial charge in [-0.15, -0.1) is 0 Å². The van der Waals surface area contributed by atoms with E-state index in [9.17, 15) is 4.79 Å². The molecular formula is C10H13N3O. The van der Waals surface area contributed by atoms with Gasteiger partial charge in [-0.05, 0) is 6.92 Å². The molecule has 1 amide bonds. The molecule has 14 heavy (non-hydrogen) atoms. The summed E-state index contributed by atoms with van der Waals surface area (Å²) in [5.41, 5.74) is 1.81. The minimum atomic E-state index is -0.0674. The van der Waals surface area contributed by atoms with Gasteiger partial charge in [-0.3, -0.25) is 9.48 Å². The van der Waals surface area contributed by atoms with Crippen molar-refractivity contribution in [1.29, 1.82) is 0 Å². The Labute approximate surface area is 83.3 Å². The molecule has 1 aromatic rings. The highest BCUT2D eigenvalue weighted by molar-refractivity contribution is 5.73. The number of aryl methyl sites for hydroxylation is 2. The number of carbonyl (C=O) groups excluding carboxylic acids is 1. The fraction of sp³-hybridized carbons (Fsp3) is 0.400. The molecule has 0 aliphatic carbocycles. The van der Waals surface area contributed by atoms with Gasteiger partial charge in [0.05, 0.1) is 17.8 Å². The Kier molecular flexibility index (Phi) is 3.29. The molecule has 1 aromatic heterocycles. The standard InChI is InChI=1S/C10H13N3O/c1-8-10(7-13(3)12-8)5-4-6-11-9(2)14/h7H,6H2,1-3H3,(H,11,14). The Balaban J connectivity index is 2.59. The molecule has 1 heterocycles. The summed E-state index contributed by atoms with van der Waals surface area (Å²) in [5.74, 6) is 5.73. The summed E-state index contributed by atoms with van der Waals surface area (Å²) in [6.07, 6.45) is 1.86. The average molecular weight is 191 g/mol. The summed E-state index contributed by atoms with van der Waals surface area (Å²) in [6, 6.07) is 0. The minimum Gasteiger partial charge on any atom is -0.345 e. The molecule has 4 heteroatoms. The van der Waals surface area contributed by atoms with Crippen LogP contribution < -0.4 is 5.32 Å². The topological polar surface area (TPSA) is 46.9 Å². The third kappa shape index (κ3) is 2.94. The summed E-state index contributed by atoms with van der Waals surface area (Å²) in [5, 5.41) is 6.75. The van der Waals surface area contributed by atoms with Crippen LogP contribution in [0.25, 0.3) is 0 Å². The van der Waals surface area contributed by atoms with Gasteiger partial charge in [-0.1, -0.05) is 11.8 Å². The van der Waals surface area contributed by atoms with Gasteiger partial charge in [-0.25, -0.2) is 0 Å². The zero-order chi connectivity index (χ0) is 10.6. The van der Waals surface area contributed by atoms with Crippen LogP contribution in [0.5, 0.6) is 0 Å². The second-order valence-electron chi connectivity index (χ2n) is 3.01. The van der Waals surface area contributed by atoms with Crippen LogP contribution in [0.2, 0.25) is 0 Å². The summed E-state index contributed by atoms with van der Waals surface area (Å²) in [4.78, 5) is 10.5. The van der Waals surface area contributed by atoms with Gasteiger partial charge >= 0.3 is 0 Å². The van der Waals surface area contributed by atoms with Crippen molar-refractivity contribution in [3.63, 3.8) is 0 Å². The molecule has 0 aromatic carbocycles. The molecule has 74 valence electrons. The van der Waals surface area contributed by atoms with E-state index in [0.29, 0.717) is 6.54 Å². The van der Waals surface area contributed by atoms with Gasteiger partial charge in [0.2, 0.25) is 5.91 Å². The quantitative estimate of drug-likeness (QED) is 0.645. The number of carbonyl (C=O) groups is 1. The monoisotopic (exact) mass is 191 g/mol. The predicted molar refractivity (Wildman–Crippen MR) is 53.5 cm³/mol. The van der Waals surface area contributed by atoms with Crippen LogP contribution in [0.15, 0.2) is 6.20 Å². The number of hydrogen-bond acceptors (Lipinski definition) is 2. The van der Waals surface area contributed by atoms with Crippen LogP contribution in [-0.2, 0) is 11.8 Å². The fourth-order valence-electron chi connectivity index (χ4n) is 1.03. The van der Waals surface area contributed by atoms with Crippen molar-refractivity contribution < 1.29 is 4.79 Å². The first-order valence-electron chi connectivity index (χ1n) is 4.33. The highest BCUT2D eigenvalue weighted by Gasteiger charge is 1.97. The molecule has 0 bridgehead atoms. The van der Waals surface area contributed by atoms with Crippen LogP contribution in [-0.4, -0.2) is 22.2 Å². The number of aromatic nitrogens is 2. The second kappa shape index (κ2) is 4.47. The molecule has 0 fully saturated rings. The van der Waals surface area contributed by atoms with Gasteiger partial charge in [0.25, 0.3) is 0 Å². The maximum absolute atomic E-state index is 10.5. The van der Waals surface area contributed by atoms with E-state index in [1.807, 2.05) is 20.2 Å². The van der Waals surface area contributed by atoms with Crippen molar-refractivity contribution in [2.24, 2.45) is 7.05 Å². The van der Waals surface area contributed by atoms with E-state index in [0.717, 1.165) is 11.3 Å². The van der Waals surface area contributed by atoms with Crippen molar-refractivity contribution in [3.8, 4) is 11.8 Å². The molecule has 0 saturated carbocycles. The van der Waals surface area contributed by atoms with E-state index < -0.39 is 0 Å². The molecule has 0 unspecified atom stereocenters. The third-order valence-electron chi connectivity index (χ3n) is 1.66. The molecule has 0 saturated heterocycles. The molecule has 0 spiro atoms. The number of amides is 1.